The Bertz CT molecular complexity index is 3260. The molecule has 0 aromatic heterocycles. The Labute approximate surface area is 1040 Å². The third kappa shape index (κ3) is 159. The molecule has 0 bridgehead atoms. The van der Waals surface area contributed by atoms with Gasteiger partial charge in [-0.3, -0.25) is 9.59 Å². The fraction of sp³-hybridized carbons (Fsp3) is 0.708. The van der Waals surface area contributed by atoms with Crippen molar-refractivity contribution in [2.45, 2.75) is 484 Å². The standard InChI is InChI=1S/C22H38O3.2C17H30O2.2C10H18O.C8H16O.2C7H13IO.C7H11IO.C6H10.C5H10O2.C2HN2O4.C2H.2K.Li/c1-4-5-19-22(2,3)20(23)17-15-13-11-9-7-6-8-10-12-14-16-18-21(24)25;2*1-4-5-14-17(2,3)16(19)13-11-9-7-6-8-10-12-15-18;2*1-5-7-8-10(3,4)9(11)6-2;1-4-5-6-8(2,3)7-9;3*8-6-4-2-1-3-5-7-9;1-3-5-6-4-2;1-4(2)5(6)7-3;5-1-2(8-7)3-4-6;1-2;;;/h10-13,15,17,20,23H,4-9,14,16,18-19H2,1-3H3,(H,24,25);2*7,9,11,13,15-16,19H,4-6,8,10,12,14H2,1-3H3;2*2,9,11H,5,7-8H2,1,3-4H3;7H,4-6H2,1-3H3;2*4,6,9H,1-3,5,7H2;9H,1-3,5,7H2;1H,4-6H2,2H3;4H,1-3H3;7H;1H;;;/q;;;;;;;;;;;2*-1;3*+1/p-1/b12-10-,13-11-,17-15+;2*9-7-,13-11+;;;;2*6-4-;;;;3-2+;;;;. The fourth-order valence-corrected chi connectivity index (χ4v) is 12.3. The molecular formula is C120H208I3K2LiN2O19. The number of terminal acetylenes is 4. The van der Waals surface area contributed by atoms with Crippen LogP contribution in [0.25, 0.3) is 0 Å². The number of carbonyl (C=O) groups excluding carboxylic acids is 5. The number of esters is 1. The van der Waals surface area contributed by atoms with Gasteiger partial charge in [-0.05, 0) is 202 Å². The Morgan fingerprint density at radius 3 is 0.959 bits per heavy atom. The summed E-state index contributed by atoms with van der Waals surface area (Å²) in [5.41, 5.74) is -0.489. The van der Waals surface area contributed by atoms with Crippen molar-refractivity contribution >= 4 is 111 Å². The number of carboxylic acid groups (broad SMARTS) is 1. The van der Waals surface area contributed by atoms with Crippen molar-refractivity contribution in [3.63, 3.8) is 0 Å². The van der Waals surface area contributed by atoms with E-state index in [9.17, 15) is 54.3 Å². The predicted octanol–water partition coefficient (Wildman–Crippen LogP) is 20.9. The Balaban J connectivity index is -0.0000000929. The molecule has 0 rings (SSSR count). The summed E-state index contributed by atoms with van der Waals surface area (Å²) in [6.45, 7) is 44.3. The van der Waals surface area contributed by atoms with Gasteiger partial charge in [0.25, 0.3) is 0 Å². The summed E-state index contributed by atoms with van der Waals surface area (Å²) < 4.78 is 11.3. The first kappa shape index (κ1) is 181. The zero-order chi connectivity index (χ0) is 113. The van der Waals surface area contributed by atoms with Gasteiger partial charge in [-0.15, -0.1) is 35.2 Å². The number of halogens is 3. The van der Waals surface area contributed by atoms with E-state index >= 15 is 0 Å². The molecule has 21 nitrogen and oxygen atoms in total. The second-order valence-corrected chi connectivity index (χ2v) is 40.8. The minimum absolute atomic E-state index is 0. The van der Waals surface area contributed by atoms with Gasteiger partial charge in [-0.1, -0.05) is 408 Å². The monoisotopic (exact) mass is 2450 g/mol. The van der Waals surface area contributed by atoms with Crippen LogP contribution in [0.2, 0.25) is 0 Å². The molecule has 836 valence electrons. The second kappa shape index (κ2) is 144. The Hall–Kier alpha value is -2.15. The first-order chi connectivity index (χ1) is 68.4. The summed E-state index contributed by atoms with van der Waals surface area (Å²) in [6, 6.07) is 0. The van der Waals surface area contributed by atoms with Crippen LogP contribution in [0.15, 0.2) is 116 Å². The number of aliphatic carboxylic acids is 1. The number of carbonyl (C=O) groups is 5. The van der Waals surface area contributed by atoms with Crippen LogP contribution >= 0.6 is 67.8 Å². The maximum atomic E-state index is 10.4. The molecule has 0 radical (unpaired) electrons. The van der Waals surface area contributed by atoms with Crippen molar-refractivity contribution < 1.29 is 211 Å². The largest absolute Gasteiger partial charge is 1.00 e. The van der Waals surface area contributed by atoms with Gasteiger partial charge in [0.15, 0.2) is 0 Å². The molecule has 0 spiro atoms. The van der Waals surface area contributed by atoms with Crippen molar-refractivity contribution in [1.82, 2.24) is 0 Å². The van der Waals surface area contributed by atoms with E-state index in [2.05, 4.69) is 226 Å². The van der Waals surface area contributed by atoms with E-state index in [1.807, 2.05) is 132 Å². The van der Waals surface area contributed by atoms with E-state index in [0.717, 1.165) is 269 Å². The SMILES string of the molecule is C#CC(O)C(C)(C)CCCC.C#CC(O)C(C)(C)CCCC.C#CCCCC.CCCCC(C)(C)C(O)/C=C/C=C\CCCC/C=C\CCCC(=O)O.CCCCC(C)(C)C(O)/C=C/C=C\CCCCC=O.CCCCC(C)(C)C(O)/C=C/C=C\CCCCC=O.CCCCC(C)(C)C=O.COC(=O)C(C)C.O=[C-]/C(=N\N=O)O[O-].OCCCCC/C=C\I.OCCCCC/C=C\I.OCCCCCC#CI.[C-]#C.[K+].[K+].[Li+]. The van der Waals surface area contributed by atoms with E-state index in [-0.39, 0.29) is 172 Å². The van der Waals surface area contributed by atoms with Gasteiger partial charge in [0, 0.05) is 90.8 Å². The van der Waals surface area contributed by atoms with Crippen LogP contribution in [0.5, 0.6) is 0 Å². The third-order valence-electron chi connectivity index (χ3n) is 21.9. The minimum atomic E-state index is -1.000. The van der Waals surface area contributed by atoms with Crippen LogP contribution < -0.4 is 127 Å². The summed E-state index contributed by atoms with van der Waals surface area (Å²) >= 11 is 6.48. The molecule has 0 aromatic rings. The number of carboxylic acids is 1. The van der Waals surface area contributed by atoms with Crippen molar-refractivity contribution in [3.05, 3.63) is 117 Å². The molecule has 0 aliphatic heterocycles. The topological polar surface area (TPSA) is 368 Å². The fourth-order valence-electron chi connectivity index (χ4n) is 11.3. The normalized spacial score (nSPS) is 12.1. The number of aldehydes is 3. The Kier molecular flexibility index (Phi) is 177. The second-order valence-electron chi connectivity index (χ2n) is 38.9. The van der Waals surface area contributed by atoms with Gasteiger partial charge < -0.3 is 92.9 Å². The van der Waals surface area contributed by atoms with E-state index in [1.165, 1.54) is 52.1 Å². The Morgan fingerprint density at radius 1 is 0.435 bits per heavy atom. The molecule has 147 heavy (non-hydrogen) atoms. The number of methoxy groups -OCH3 is 1. The van der Waals surface area contributed by atoms with Gasteiger partial charge in [-0.25, -0.2) is 0 Å². The van der Waals surface area contributed by atoms with Gasteiger partial charge in [-0.2, -0.15) is 6.29 Å². The summed E-state index contributed by atoms with van der Waals surface area (Å²) in [7, 11) is 1.39. The summed E-state index contributed by atoms with van der Waals surface area (Å²) in [6.07, 6.45) is 108. The number of ether oxygens (including phenoxy) is 1. The van der Waals surface area contributed by atoms with Crippen LogP contribution in [-0.4, -0.2) is 146 Å². The van der Waals surface area contributed by atoms with Gasteiger partial charge in [0.05, 0.1) is 42.5 Å². The molecule has 0 aromatic carbocycles. The van der Waals surface area contributed by atoms with Crippen LogP contribution in [0, 0.1) is 103 Å². The molecule has 5 unspecified atom stereocenters. The molecular weight excluding hydrogens is 2240 g/mol. The molecule has 0 heterocycles. The third-order valence-corrected chi connectivity index (χ3v) is 23.3. The van der Waals surface area contributed by atoms with Crippen LogP contribution in [0.4, 0.5) is 0 Å². The first-order valence-electron chi connectivity index (χ1n) is 52.7. The molecule has 5 atom stereocenters. The minimum Gasteiger partial charge on any atom is -0.697 e. The smallest absolute Gasteiger partial charge is 0.697 e. The molecule has 0 fully saturated rings. The van der Waals surface area contributed by atoms with Crippen molar-refractivity contribution in [2.24, 2.45) is 48.8 Å². The predicted molar refractivity (Wildman–Crippen MR) is 635 cm³/mol. The number of aliphatic hydroxyl groups is 8. The average Bonchev–Trinajstić information content (AvgIpc) is 0.914. The zero-order valence-electron chi connectivity index (χ0n) is 97.1. The number of unbranched alkanes of at least 4 members (excludes halogenated alkanes) is 27. The molecule has 0 saturated heterocycles. The number of aliphatic hydroxyl groups excluding tert-OH is 8. The number of hydrogen-bond acceptors (Lipinski definition) is 19. The van der Waals surface area contributed by atoms with Gasteiger partial charge >= 0.3 is 134 Å². The van der Waals surface area contributed by atoms with E-state index in [1.54, 1.807) is 13.8 Å². The molecule has 0 aliphatic carbocycles. The number of allylic oxidation sites excluding steroid dienone is 13. The van der Waals surface area contributed by atoms with Crippen molar-refractivity contribution in [3.8, 4) is 53.3 Å². The number of hydrogen-bond donors (Lipinski definition) is 9. The number of nitrogens with zero attached hydrogens (tertiary/aromatic N) is 2. The number of rotatable bonds is 68. The summed E-state index contributed by atoms with van der Waals surface area (Å²) in [5.74, 6) is 8.41. The van der Waals surface area contributed by atoms with Crippen LogP contribution in [-0.2, 0) is 38.4 Å². The van der Waals surface area contributed by atoms with E-state index in [4.69, 9.17) is 56.3 Å². The quantitative estimate of drug-likeness (QED) is 0.00217. The molecule has 0 amide bonds. The first-order valence-corrected chi connectivity index (χ1v) is 56.3. The van der Waals surface area contributed by atoms with E-state index < -0.39 is 42.4 Å². The Morgan fingerprint density at radius 2 is 0.728 bits per heavy atom. The summed E-state index contributed by atoms with van der Waals surface area (Å²) in [5, 5.41) is 96.3. The molecule has 9 N–H and O–H groups in total. The van der Waals surface area contributed by atoms with Crippen LogP contribution in [0.3, 0.4) is 0 Å². The zero-order valence-corrected chi connectivity index (χ0v) is 110. The summed E-state index contributed by atoms with van der Waals surface area (Å²) in [4.78, 5) is 72.6. The van der Waals surface area contributed by atoms with Crippen molar-refractivity contribution in [1.29, 1.82) is 0 Å². The van der Waals surface area contributed by atoms with Gasteiger partial charge in [0.1, 0.15) is 31.1 Å². The van der Waals surface area contributed by atoms with E-state index in [0.29, 0.717) is 32.7 Å². The molecule has 0 aliphatic rings. The van der Waals surface area contributed by atoms with Crippen molar-refractivity contribution in [2.75, 3.05) is 26.9 Å². The molecule has 27 heteroatoms. The molecule has 0 saturated carbocycles. The average molecular weight is 2450 g/mol. The van der Waals surface area contributed by atoms with Crippen LogP contribution in [0.1, 0.15) is 454 Å². The van der Waals surface area contributed by atoms with Gasteiger partial charge in [0.2, 0.25) is 0 Å². The maximum Gasteiger partial charge on any atom is 1.00 e. The number of nitroso groups, excluding NO2 is 1. The maximum absolute atomic E-state index is 10.4.